The van der Waals surface area contributed by atoms with Gasteiger partial charge in [0.25, 0.3) is 5.91 Å². The molecular formula is C11H17NO4. The number of hydrogen-bond donors (Lipinski definition) is 2. The minimum absolute atomic E-state index is 0.146. The number of rotatable bonds is 7. The van der Waals surface area contributed by atoms with Gasteiger partial charge < -0.3 is 10.4 Å². The molecule has 0 saturated heterocycles. The summed E-state index contributed by atoms with van der Waals surface area (Å²) in [6.07, 6.45) is 3.89. The van der Waals surface area contributed by atoms with Crippen LogP contribution in [-0.2, 0) is 14.4 Å². The van der Waals surface area contributed by atoms with Crippen molar-refractivity contribution in [1.82, 2.24) is 5.32 Å². The van der Waals surface area contributed by atoms with Crippen molar-refractivity contribution in [2.45, 2.75) is 39.2 Å². The van der Waals surface area contributed by atoms with E-state index in [-0.39, 0.29) is 6.42 Å². The first-order chi connectivity index (χ1) is 7.51. The van der Waals surface area contributed by atoms with Gasteiger partial charge in [-0.1, -0.05) is 26.3 Å². The van der Waals surface area contributed by atoms with E-state index < -0.39 is 23.7 Å². The molecule has 16 heavy (non-hydrogen) atoms. The fraction of sp³-hybridized carbons (Fsp3) is 0.545. The maximum Gasteiger partial charge on any atom is 0.328 e. The molecule has 0 rings (SSSR count). The molecule has 90 valence electrons. The quantitative estimate of drug-likeness (QED) is 0.499. The van der Waals surface area contributed by atoms with Crippen LogP contribution in [0.2, 0.25) is 0 Å². The van der Waals surface area contributed by atoms with Crippen molar-refractivity contribution in [3.63, 3.8) is 0 Å². The van der Waals surface area contributed by atoms with Gasteiger partial charge in [-0.05, 0) is 6.42 Å². The Morgan fingerprint density at radius 2 is 1.94 bits per heavy atom. The van der Waals surface area contributed by atoms with Crippen molar-refractivity contribution >= 4 is 17.7 Å². The smallest absolute Gasteiger partial charge is 0.328 e. The molecule has 0 spiro atoms. The van der Waals surface area contributed by atoms with Crippen LogP contribution in [0.4, 0.5) is 0 Å². The number of carbonyl (C=O) groups excluding carboxylic acids is 2. The number of nitrogens with one attached hydrogen (secondary N) is 1. The maximum absolute atomic E-state index is 11.3. The van der Waals surface area contributed by atoms with Crippen molar-refractivity contribution in [2.75, 3.05) is 0 Å². The summed E-state index contributed by atoms with van der Waals surface area (Å²) in [7, 11) is 0. The molecule has 0 radical (unpaired) electrons. The fourth-order valence-corrected chi connectivity index (χ4v) is 1.14. The Balaban J connectivity index is 4.38. The highest BCUT2D eigenvalue weighted by atomic mass is 16.4. The second-order valence-electron chi connectivity index (χ2n) is 3.34. The van der Waals surface area contributed by atoms with E-state index in [4.69, 9.17) is 5.11 Å². The zero-order valence-electron chi connectivity index (χ0n) is 9.53. The Bertz CT molecular complexity index is 296. The van der Waals surface area contributed by atoms with Crippen molar-refractivity contribution < 1.29 is 19.5 Å². The van der Waals surface area contributed by atoms with Crippen molar-refractivity contribution in [1.29, 1.82) is 0 Å². The molecule has 0 heterocycles. The van der Waals surface area contributed by atoms with Gasteiger partial charge in [-0.25, -0.2) is 4.79 Å². The van der Waals surface area contributed by atoms with Crippen LogP contribution in [0, 0.1) is 0 Å². The lowest BCUT2D eigenvalue weighted by atomic mass is 10.1. The van der Waals surface area contributed by atoms with E-state index >= 15 is 0 Å². The normalized spacial score (nSPS) is 12.4. The van der Waals surface area contributed by atoms with Gasteiger partial charge in [-0.2, -0.15) is 0 Å². The number of carbonyl (C=O) groups is 3. The minimum Gasteiger partial charge on any atom is -0.478 e. The average Bonchev–Trinajstić information content (AvgIpc) is 2.24. The van der Waals surface area contributed by atoms with E-state index in [1.807, 2.05) is 6.92 Å². The molecule has 0 saturated carbocycles. The number of ketones is 1. The highest BCUT2D eigenvalue weighted by Crippen LogP contribution is 1.99. The Kier molecular flexibility index (Phi) is 6.83. The molecule has 0 aliphatic carbocycles. The SMILES string of the molecule is CCC[C@@H](/C=C/C(=O)O)NC(=O)C(=O)CC. The molecule has 1 atom stereocenters. The number of carboxylic acid groups (broad SMARTS) is 1. The van der Waals surface area contributed by atoms with Crippen LogP contribution in [0.15, 0.2) is 12.2 Å². The lowest BCUT2D eigenvalue weighted by Crippen LogP contribution is -2.38. The van der Waals surface area contributed by atoms with Crippen molar-refractivity contribution in [3.05, 3.63) is 12.2 Å². The number of Topliss-reactive ketones (excluding diaryl/α,β-unsaturated/α-hetero) is 1. The van der Waals surface area contributed by atoms with E-state index in [2.05, 4.69) is 5.32 Å². The summed E-state index contributed by atoms with van der Waals surface area (Å²) >= 11 is 0. The third-order valence-electron chi connectivity index (χ3n) is 1.96. The molecular weight excluding hydrogens is 210 g/mol. The summed E-state index contributed by atoms with van der Waals surface area (Å²) in [5.74, 6) is -2.22. The lowest BCUT2D eigenvalue weighted by molar-refractivity contribution is -0.138. The van der Waals surface area contributed by atoms with Gasteiger partial charge >= 0.3 is 5.97 Å². The number of amides is 1. The van der Waals surface area contributed by atoms with Crippen LogP contribution >= 0.6 is 0 Å². The van der Waals surface area contributed by atoms with Crippen molar-refractivity contribution in [3.8, 4) is 0 Å². The summed E-state index contributed by atoms with van der Waals surface area (Å²) in [6, 6.07) is -0.399. The van der Waals surface area contributed by atoms with Crippen LogP contribution < -0.4 is 5.32 Å². The number of aliphatic carboxylic acids is 1. The Morgan fingerprint density at radius 1 is 1.31 bits per heavy atom. The molecule has 2 N–H and O–H groups in total. The molecule has 1 amide bonds. The number of carboxylic acids is 1. The summed E-state index contributed by atoms with van der Waals surface area (Å²) in [5, 5.41) is 10.9. The molecule has 0 aromatic carbocycles. The molecule has 0 unspecified atom stereocenters. The van der Waals surface area contributed by atoms with E-state index in [1.165, 1.54) is 6.08 Å². The predicted molar refractivity (Wildman–Crippen MR) is 58.9 cm³/mol. The summed E-state index contributed by atoms with van der Waals surface area (Å²) in [6.45, 7) is 3.51. The Labute approximate surface area is 94.5 Å². The molecule has 0 aliphatic heterocycles. The first-order valence-corrected chi connectivity index (χ1v) is 5.26. The average molecular weight is 227 g/mol. The van der Waals surface area contributed by atoms with Gasteiger partial charge in [0.05, 0.1) is 0 Å². The zero-order valence-corrected chi connectivity index (χ0v) is 9.53. The number of hydrogen-bond acceptors (Lipinski definition) is 3. The zero-order chi connectivity index (χ0) is 12.6. The summed E-state index contributed by atoms with van der Waals surface area (Å²) in [5.41, 5.74) is 0. The molecule has 0 fully saturated rings. The molecule has 0 aromatic rings. The van der Waals surface area contributed by atoms with E-state index in [9.17, 15) is 14.4 Å². The van der Waals surface area contributed by atoms with Gasteiger partial charge in [0.2, 0.25) is 5.78 Å². The lowest BCUT2D eigenvalue weighted by Gasteiger charge is -2.12. The van der Waals surface area contributed by atoms with Crippen molar-refractivity contribution in [2.24, 2.45) is 0 Å². The molecule has 5 nitrogen and oxygen atoms in total. The van der Waals surface area contributed by atoms with Gasteiger partial charge in [0.1, 0.15) is 0 Å². The molecule has 0 aliphatic rings. The second kappa shape index (κ2) is 7.62. The van der Waals surface area contributed by atoms with Gasteiger partial charge in [0, 0.05) is 18.5 Å². The Hall–Kier alpha value is -1.65. The molecule has 5 heteroatoms. The third-order valence-corrected chi connectivity index (χ3v) is 1.96. The van der Waals surface area contributed by atoms with E-state index in [0.717, 1.165) is 12.5 Å². The fourth-order valence-electron chi connectivity index (χ4n) is 1.14. The maximum atomic E-state index is 11.3. The van der Waals surface area contributed by atoms with Crippen LogP contribution in [0.25, 0.3) is 0 Å². The van der Waals surface area contributed by atoms with Crippen LogP contribution in [0.3, 0.4) is 0 Å². The van der Waals surface area contributed by atoms with E-state index in [1.54, 1.807) is 6.92 Å². The van der Waals surface area contributed by atoms with Gasteiger partial charge in [0.15, 0.2) is 0 Å². The summed E-state index contributed by atoms with van der Waals surface area (Å²) in [4.78, 5) is 32.6. The summed E-state index contributed by atoms with van der Waals surface area (Å²) < 4.78 is 0. The van der Waals surface area contributed by atoms with Crippen LogP contribution in [0.5, 0.6) is 0 Å². The second-order valence-corrected chi connectivity index (χ2v) is 3.34. The topological polar surface area (TPSA) is 83.5 Å². The van der Waals surface area contributed by atoms with Gasteiger partial charge in [-0.3, -0.25) is 9.59 Å². The van der Waals surface area contributed by atoms with Crippen LogP contribution in [0.1, 0.15) is 33.1 Å². The van der Waals surface area contributed by atoms with Gasteiger partial charge in [-0.15, -0.1) is 0 Å². The first kappa shape index (κ1) is 14.3. The van der Waals surface area contributed by atoms with Crippen LogP contribution in [-0.4, -0.2) is 28.8 Å². The molecule has 0 aromatic heterocycles. The first-order valence-electron chi connectivity index (χ1n) is 5.26. The van der Waals surface area contributed by atoms with E-state index in [0.29, 0.717) is 6.42 Å². The molecule has 0 bridgehead atoms. The minimum atomic E-state index is -1.07. The third kappa shape index (κ3) is 5.95. The monoisotopic (exact) mass is 227 g/mol. The predicted octanol–water partition coefficient (Wildman–Crippen LogP) is 0.891. The highest BCUT2D eigenvalue weighted by Gasteiger charge is 2.14. The largest absolute Gasteiger partial charge is 0.478 e. The standard InChI is InChI=1S/C11H17NO4/c1-3-5-8(6-7-10(14)15)12-11(16)9(13)4-2/h6-8H,3-5H2,1-2H3,(H,12,16)(H,14,15)/b7-6+/t8-/m0/s1. The highest BCUT2D eigenvalue weighted by molar-refractivity contribution is 6.36. The Morgan fingerprint density at radius 3 is 2.38 bits per heavy atom.